The zero-order valence-electron chi connectivity index (χ0n) is 11.5. The van der Waals surface area contributed by atoms with Gasteiger partial charge in [0.25, 0.3) is 0 Å². The molecule has 104 valence electrons. The fourth-order valence-corrected chi connectivity index (χ4v) is 2.53. The lowest BCUT2D eigenvalue weighted by molar-refractivity contribution is -0.137. The van der Waals surface area contributed by atoms with Crippen molar-refractivity contribution in [2.24, 2.45) is 5.92 Å². The van der Waals surface area contributed by atoms with Crippen molar-refractivity contribution in [3.63, 3.8) is 0 Å². The summed E-state index contributed by atoms with van der Waals surface area (Å²) in [5.41, 5.74) is 0.617. The molecule has 0 bridgehead atoms. The molecule has 4 heteroatoms. The van der Waals surface area contributed by atoms with Gasteiger partial charge in [-0.05, 0) is 25.0 Å². The second-order valence-corrected chi connectivity index (χ2v) is 5.28. The van der Waals surface area contributed by atoms with E-state index in [2.05, 4.69) is 5.32 Å². The highest BCUT2D eigenvalue weighted by Crippen LogP contribution is 2.16. The van der Waals surface area contributed by atoms with Gasteiger partial charge in [-0.3, -0.25) is 4.79 Å². The summed E-state index contributed by atoms with van der Waals surface area (Å²) in [6, 6.07) is 6.89. The minimum absolute atomic E-state index is 0.122. The van der Waals surface area contributed by atoms with Crippen LogP contribution in [0.15, 0.2) is 24.3 Å². The number of hydrogen-bond acceptors (Lipinski definition) is 2. The molecule has 0 radical (unpaired) electrons. The van der Waals surface area contributed by atoms with Gasteiger partial charge in [0.15, 0.2) is 0 Å². The topological polar surface area (TPSA) is 32.3 Å². The first-order valence-electron chi connectivity index (χ1n) is 6.84. The van der Waals surface area contributed by atoms with Gasteiger partial charge in [-0.2, -0.15) is 0 Å². The summed E-state index contributed by atoms with van der Waals surface area (Å²) < 4.78 is 13.6. The Morgan fingerprint density at radius 3 is 2.95 bits per heavy atom. The number of amides is 1. The molecule has 1 amide bonds. The Labute approximate surface area is 113 Å². The first-order valence-corrected chi connectivity index (χ1v) is 6.84. The van der Waals surface area contributed by atoms with Crippen molar-refractivity contribution in [1.82, 2.24) is 10.2 Å². The SMILES string of the molecule is CC(Cc1ccccc1F)C(=O)N1CCNC[C@@H]1C. The van der Waals surface area contributed by atoms with Crippen LogP contribution in [0, 0.1) is 11.7 Å². The van der Waals surface area contributed by atoms with Crippen LogP contribution in [0.25, 0.3) is 0 Å². The van der Waals surface area contributed by atoms with E-state index in [1.54, 1.807) is 12.1 Å². The molecule has 1 aromatic carbocycles. The van der Waals surface area contributed by atoms with E-state index in [1.165, 1.54) is 6.07 Å². The molecule has 1 aromatic rings. The molecule has 1 unspecified atom stereocenters. The quantitative estimate of drug-likeness (QED) is 0.903. The third kappa shape index (κ3) is 3.32. The van der Waals surface area contributed by atoms with E-state index in [1.807, 2.05) is 24.8 Å². The zero-order chi connectivity index (χ0) is 13.8. The Balaban J connectivity index is 2.01. The summed E-state index contributed by atoms with van der Waals surface area (Å²) in [7, 11) is 0. The summed E-state index contributed by atoms with van der Waals surface area (Å²) in [4.78, 5) is 14.3. The van der Waals surface area contributed by atoms with E-state index in [-0.39, 0.29) is 23.7 Å². The van der Waals surface area contributed by atoms with Gasteiger partial charge in [0.1, 0.15) is 5.82 Å². The number of piperazine rings is 1. The predicted octanol–water partition coefficient (Wildman–Crippen LogP) is 1.82. The Morgan fingerprint density at radius 1 is 1.53 bits per heavy atom. The molecule has 19 heavy (non-hydrogen) atoms. The lowest BCUT2D eigenvalue weighted by Gasteiger charge is -2.35. The van der Waals surface area contributed by atoms with Crippen molar-refractivity contribution in [3.05, 3.63) is 35.6 Å². The summed E-state index contributed by atoms with van der Waals surface area (Å²) in [6.45, 7) is 6.33. The minimum Gasteiger partial charge on any atom is -0.337 e. The standard InChI is InChI=1S/C15H21FN2O/c1-11(9-13-5-3-4-6-14(13)16)15(19)18-8-7-17-10-12(18)2/h3-6,11-12,17H,7-10H2,1-2H3/t11?,12-/m0/s1. The number of hydrogen-bond donors (Lipinski definition) is 1. The summed E-state index contributed by atoms with van der Waals surface area (Å²) in [6.07, 6.45) is 0.460. The number of carbonyl (C=O) groups excluding carboxylic acids is 1. The van der Waals surface area contributed by atoms with Gasteiger partial charge in [-0.15, -0.1) is 0 Å². The predicted molar refractivity (Wildman–Crippen MR) is 73.3 cm³/mol. The molecule has 1 fully saturated rings. The second-order valence-electron chi connectivity index (χ2n) is 5.28. The number of nitrogens with zero attached hydrogens (tertiary/aromatic N) is 1. The molecule has 2 atom stereocenters. The van der Waals surface area contributed by atoms with Crippen LogP contribution >= 0.6 is 0 Å². The first kappa shape index (κ1) is 14.0. The van der Waals surface area contributed by atoms with Crippen molar-refractivity contribution >= 4 is 5.91 Å². The maximum atomic E-state index is 13.6. The van der Waals surface area contributed by atoms with Crippen molar-refractivity contribution in [2.75, 3.05) is 19.6 Å². The van der Waals surface area contributed by atoms with Gasteiger partial charge >= 0.3 is 0 Å². The molecule has 0 aromatic heterocycles. The van der Waals surface area contributed by atoms with Gasteiger partial charge in [-0.1, -0.05) is 25.1 Å². The fraction of sp³-hybridized carbons (Fsp3) is 0.533. The molecule has 3 nitrogen and oxygen atoms in total. The summed E-state index contributed by atoms with van der Waals surface area (Å²) in [5, 5.41) is 3.26. The minimum atomic E-state index is -0.226. The maximum absolute atomic E-state index is 13.6. The Kier molecular flexibility index (Phi) is 4.53. The van der Waals surface area contributed by atoms with E-state index in [0.717, 1.165) is 19.6 Å². The van der Waals surface area contributed by atoms with Crippen LogP contribution in [-0.2, 0) is 11.2 Å². The van der Waals surface area contributed by atoms with Gasteiger partial charge in [0, 0.05) is 31.6 Å². The van der Waals surface area contributed by atoms with Gasteiger partial charge < -0.3 is 10.2 Å². The molecule has 1 saturated heterocycles. The molecular weight excluding hydrogens is 243 g/mol. The van der Waals surface area contributed by atoms with Crippen LogP contribution in [0.2, 0.25) is 0 Å². The van der Waals surface area contributed by atoms with Crippen LogP contribution < -0.4 is 5.32 Å². The molecule has 1 heterocycles. The van der Waals surface area contributed by atoms with Crippen LogP contribution in [-0.4, -0.2) is 36.5 Å². The van der Waals surface area contributed by atoms with Crippen LogP contribution in [0.3, 0.4) is 0 Å². The van der Waals surface area contributed by atoms with E-state index in [0.29, 0.717) is 12.0 Å². The number of benzene rings is 1. The highest BCUT2D eigenvalue weighted by molar-refractivity contribution is 5.79. The molecule has 1 N–H and O–H groups in total. The third-order valence-electron chi connectivity index (χ3n) is 3.69. The average Bonchev–Trinajstić information content (AvgIpc) is 2.41. The van der Waals surface area contributed by atoms with Gasteiger partial charge in [-0.25, -0.2) is 4.39 Å². The summed E-state index contributed by atoms with van der Waals surface area (Å²) in [5.74, 6) is -0.287. The van der Waals surface area contributed by atoms with Crippen molar-refractivity contribution < 1.29 is 9.18 Å². The lowest BCUT2D eigenvalue weighted by atomic mass is 9.98. The maximum Gasteiger partial charge on any atom is 0.226 e. The molecule has 1 aliphatic heterocycles. The second kappa shape index (κ2) is 6.15. The van der Waals surface area contributed by atoms with E-state index < -0.39 is 0 Å². The average molecular weight is 264 g/mol. The smallest absolute Gasteiger partial charge is 0.226 e. The normalized spacial score (nSPS) is 21.2. The van der Waals surface area contributed by atoms with Crippen molar-refractivity contribution in [1.29, 1.82) is 0 Å². The molecule has 0 saturated carbocycles. The molecular formula is C15H21FN2O. The van der Waals surface area contributed by atoms with Crippen molar-refractivity contribution in [2.45, 2.75) is 26.3 Å². The van der Waals surface area contributed by atoms with Gasteiger partial charge in [0.05, 0.1) is 0 Å². The Bertz CT molecular complexity index is 450. The van der Waals surface area contributed by atoms with Crippen LogP contribution in [0.4, 0.5) is 4.39 Å². The monoisotopic (exact) mass is 264 g/mol. The fourth-order valence-electron chi connectivity index (χ4n) is 2.53. The van der Waals surface area contributed by atoms with Gasteiger partial charge in [0.2, 0.25) is 5.91 Å². The number of carbonyl (C=O) groups is 1. The third-order valence-corrected chi connectivity index (χ3v) is 3.69. The summed E-state index contributed by atoms with van der Waals surface area (Å²) >= 11 is 0. The van der Waals surface area contributed by atoms with E-state index >= 15 is 0 Å². The first-order chi connectivity index (χ1) is 9.09. The van der Waals surface area contributed by atoms with E-state index in [9.17, 15) is 9.18 Å². The van der Waals surface area contributed by atoms with Crippen molar-refractivity contribution in [3.8, 4) is 0 Å². The highest BCUT2D eigenvalue weighted by Gasteiger charge is 2.27. The number of rotatable bonds is 3. The van der Waals surface area contributed by atoms with Crippen LogP contribution in [0.1, 0.15) is 19.4 Å². The molecule has 0 spiro atoms. The Morgan fingerprint density at radius 2 is 2.26 bits per heavy atom. The molecule has 0 aliphatic carbocycles. The Hall–Kier alpha value is -1.42. The van der Waals surface area contributed by atoms with E-state index in [4.69, 9.17) is 0 Å². The lowest BCUT2D eigenvalue weighted by Crippen LogP contribution is -2.53. The molecule has 2 rings (SSSR count). The zero-order valence-corrected chi connectivity index (χ0v) is 11.5. The largest absolute Gasteiger partial charge is 0.337 e. The highest BCUT2D eigenvalue weighted by atomic mass is 19.1. The number of nitrogens with one attached hydrogen (secondary N) is 1. The van der Waals surface area contributed by atoms with Crippen LogP contribution in [0.5, 0.6) is 0 Å². The molecule has 1 aliphatic rings. The number of halogens is 1.